The van der Waals surface area contributed by atoms with Crippen LogP contribution >= 0.6 is 0 Å². The van der Waals surface area contributed by atoms with Gasteiger partial charge in [0.25, 0.3) is 0 Å². The lowest BCUT2D eigenvalue weighted by Crippen LogP contribution is -2.35. The van der Waals surface area contributed by atoms with E-state index in [-0.39, 0.29) is 17.6 Å². The molecule has 0 aliphatic heterocycles. The molecule has 0 saturated carbocycles. The standard InChI is InChI=1S/C17H22FN3O4S/c1-17(2,3)15(22)19-10-4-5-14-20-21-16(25-14)26(23,24)11-12-6-8-13(18)9-7-12/h6-9H,4-5,10-11H2,1-3H3,(H,19,22). The molecular weight excluding hydrogens is 361 g/mol. The minimum Gasteiger partial charge on any atom is -0.413 e. The molecule has 1 heterocycles. The molecule has 0 unspecified atom stereocenters. The number of carbonyl (C=O) groups excluding carboxylic acids is 1. The van der Waals surface area contributed by atoms with Crippen molar-refractivity contribution in [2.75, 3.05) is 6.54 Å². The van der Waals surface area contributed by atoms with Crippen molar-refractivity contribution in [3.63, 3.8) is 0 Å². The largest absolute Gasteiger partial charge is 0.413 e. The van der Waals surface area contributed by atoms with Gasteiger partial charge in [0.05, 0.1) is 5.75 Å². The van der Waals surface area contributed by atoms with Crippen LogP contribution in [0, 0.1) is 11.2 Å². The maximum absolute atomic E-state index is 12.9. The van der Waals surface area contributed by atoms with Gasteiger partial charge in [-0.1, -0.05) is 38.0 Å². The summed E-state index contributed by atoms with van der Waals surface area (Å²) in [6.45, 7) is 5.88. The number of nitrogens with zero attached hydrogens (tertiary/aromatic N) is 2. The van der Waals surface area contributed by atoms with Crippen LogP contribution in [-0.2, 0) is 26.8 Å². The summed E-state index contributed by atoms with van der Waals surface area (Å²) in [6.07, 6.45) is 0.894. The van der Waals surface area contributed by atoms with Crippen molar-refractivity contribution in [2.24, 2.45) is 5.41 Å². The van der Waals surface area contributed by atoms with Crippen LogP contribution in [0.15, 0.2) is 33.9 Å². The topological polar surface area (TPSA) is 102 Å². The molecule has 9 heteroatoms. The highest BCUT2D eigenvalue weighted by atomic mass is 32.2. The lowest BCUT2D eigenvalue weighted by molar-refractivity contribution is -0.128. The monoisotopic (exact) mass is 383 g/mol. The van der Waals surface area contributed by atoms with Crippen molar-refractivity contribution in [3.8, 4) is 0 Å². The van der Waals surface area contributed by atoms with E-state index in [1.54, 1.807) is 0 Å². The predicted molar refractivity (Wildman–Crippen MR) is 92.4 cm³/mol. The zero-order chi connectivity index (χ0) is 19.4. The first-order valence-corrected chi connectivity index (χ1v) is 9.81. The van der Waals surface area contributed by atoms with Gasteiger partial charge in [-0.2, -0.15) is 0 Å². The van der Waals surface area contributed by atoms with E-state index in [4.69, 9.17) is 4.42 Å². The summed E-state index contributed by atoms with van der Waals surface area (Å²) in [5.41, 5.74) is -0.0393. The van der Waals surface area contributed by atoms with Gasteiger partial charge >= 0.3 is 5.22 Å². The number of benzene rings is 1. The molecule has 7 nitrogen and oxygen atoms in total. The summed E-state index contributed by atoms with van der Waals surface area (Å²) in [5, 5.41) is 9.65. The number of hydrogen-bond acceptors (Lipinski definition) is 6. The van der Waals surface area contributed by atoms with Crippen LogP contribution in [-0.4, -0.2) is 31.1 Å². The van der Waals surface area contributed by atoms with Gasteiger partial charge in [0.1, 0.15) is 5.82 Å². The zero-order valence-corrected chi connectivity index (χ0v) is 15.8. The summed E-state index contributed by atoms with van der Waals surface area (Å²) in [6, 6.07) is 5.16. The van der Waals surface area contributed by atoms with Crippen LogP contribution in [0.3, 0.4) is 0 Å². The number of carbonyl (C=O) groups is 1. The van der Waals surface area contributed by atoms with E-state index in [1.165, 1.54) is 24.3 Å². The second kappa shape index (κ2) is 7.94. The van der Waals surface area contributed by atoms with Gasteiger partial charge in [-0.15, -0.1) is 5.10 Å². The molecule has 0 radical (unpaired) electrons. The van der Waals surface area contributed by atoms with E-state index in [9.17, 15) is 17.6 Å². The Morgan fingerprint density at radius 1 is 1.19 bits per heavy atom. The molecule has 2 rings (SSSR count). The van der Waals surface area contributed by atoms with Crippen LogP contribution in [0.25, 0.3) is 0 Å². The third kappa shape index (κ3) is 5.62. The number of hydrogen-bond donors (Lipinski definition) is 1. The fourth-order valence-corrected chi connectivity index (χ4v) is 3.18. The average Bonchev–Trinajstić information content (AvgIpc) is 3.02. The molecule has 0 atom stereocenters. The molecule has 0 bridgehead atoms. The molecule has 142 valence electrons. The summed E-state index contributed by atoms with van der Waals surface area (Å²) < 4.78 is 42.7. The minimum absolute atomic E-state index is 0.0643. The quantitative estimate of drug-likeness (QED) is 0.736. The molecular formula is C17H22FN3O4S. The molecule has 0 saturated heterocycles. The number of aryl methyl sites for hydroxylation is 1. The highest BCUT2D eigenvalue weighted by molar-refractivity contribution is 7.90. The van der Waals surface area contributed by atoms with Crippen molar-refractivity contribution in [1.82, 2.24) is 15.5 Å². The Bertz CT molecular complexity index is 855. The van der Waals surface area contributed by atoms with Crippen molar-refractivity contribution in [2.45, 2.75) is 44.6 Å². The van der Waals surface area contributed by atoms with Crippen LogP contribution in [0.2, 0.25) is 0 Å². The second-order valence-corrected chi connectivity index (χ2v) is 8.82. The highest BCUT2D eigenvalue weighted by Gasteiger charge is 2.23. The van der Waals surface area contributed by atoms with Crippen molar-refractivity contribution >= 4 is 15.7 Å². The van der Waals surface area contributed by atoms with Gasteiger partial charge in [0, 0.05) is 18.4 Å². The lowest BCUT2D eigenvalue weighted by atomic mass is 9.96. The Labute approximate surface area is 151 Å². The van der Waals surface area contributed by atoms with E-state index >= 15 is 0 Å². The molecule has 0 aliphatic rings. The fourth-order valence-electron chi connectivity index (χ4n) is 2.03. The second-order valence-electron chi connectivity index (χ2n) is 6.96. The highest BCUT2D eigenvalue weighted by Crippen LogP contribution is 2.16. The summed E-state index contributed by atoms with van der Waals surface area (Å²) in [7, 11) is -3.80. The fraction of sp³-hybridized carbons (Fsp3) is 0.471. The molecule has 2 aromatic rings. The lowest BCUT2D eigenvalue weighted by Gasteiger charge is -2.17. The minimum atomic E-state index is -3.80. The third-order valence-electron chi connectivity index (χ3n) is 3.52. The van der Waals surface area contributed by atoms with E-state index in [1.807, 2.05) is 20.8 Å². The average molecular weight is 383 g/mol. The first kappa shape index (κ1) is 20.0. The van der Waals surface area contributed by atoms with E-state index in [0.29, 0.717) is 24.9 Å². The molecule has 1 aromatic carbocycles. The number of nitrogens with one attached hydrogen (secondary N) is 1. The van der Waals surface area contributed by atoms with Gasteiger partial charge in [-0.05, 0) is 24.1 Å². The normalized spacial score (nSPS) is 12.2. The van der Waals surface area contributed by atoms with Gasteiger partial charge in [0.2, 0.25) is 21.6 Å². The third-order valence-corrected chi connectivity index (χ3v) is 4.93. The van der Waals surface area contributed by atoms with Gasteiger partial charge < -0.3 is 9.73 Å². The Hall–Kier alpha value is -2.29. The van der Waals surface area contributed by atoms with Crippen LogP contribution < -0.4 is 5.32 Å². The van der Waals surface area contributed by atoms with Crippen molar-refractivity contribution in [3.05, 3.63) is 41.5 Å². The predicted octanol–water partition coefficient (Wildman–Crippen LogP) is 2.28. The van der Waals surface area contributed by atoms with Gasteiger partial charge in [0.15, 0.2) is 0 Å². The smallest absolute Gasteiger partial charge is 0.335 e. The molecule has 0 fully saturated rings. The SMILES string of the molecule is CC(C)(C)C(=O)NCCCc1nnc(S(=O)(=O)Cc2ccc(F)cc2)o1. The van der Waals surface area contributed by atoms with Crippen LogP contribution in [0.1, 0.15) is 38.6 Å². The van der Waals surface area contributed by atoms with Gasteiger partial charge in [-0.25, -0.2) is 12.8 Å². The van der Waals surface area contributed by atoms with Crippen LogP contribution in [0.5, 0.6) is 0 Å². The van der Waals surface area contributed by atoms with E-state index < -0.39 is 26.3 Å². The first-order valence-electron chi connectivity index (χ1n) is 8.16. The van der Waals surface area contributed by atoms with Crippen molar-refractivity contribution in [1.29, 1.82) is 0 Å². The number of halogens is 1. The number of sulfone groups is 1. The molecule has 1 aromatic heterocycles. The summed E-state index contributed by atoms with van der Waals surface area (Å²) in [5.74, 6) is -0.667. The molecule has 1 N–H and O–H groups in total. The molecule has 1 amide bonds. The Kier molecular flexibility index (Phi) is 6.12. The molecule has 26 heavy (non-hydrogen) atoms. The van der Waals surface area contributed by atoms with Crippen LogP contribution in [0.4, 0.5) is 4.39 Å². The maximum Gasteiger partial charge on any atom is 0.335 e. The zero-order valence-electron chi connectivity index (χ0n) is 15.0. The Balaban J connectivity index is 1.90. The Morgan fingerprint density at radius 2 is 1.85 bits per heavy atom. The van der Waals surface area contributed by atoms with E-state index in [2.05, 4.69) is 15.5 Å². The maximum atomic E-state index is 12.9. The summed E-state index contributed by atoms with van der Waals surface area (Å²) >= 11 is 0. The molecule has 0 aliphatic carbocycles. The van der Waals surface area contributed by atoms with Crippen molar-refractivity contribution < 1.29 is 22.0 Å². The van der Waals surface area contributed by atoms with Gasteiger partial charge in [-0.3, -0.25) is 4.79 Å². The Morgan fingerprint density at radius 3 is 2.46 bits per heavy atom. The first-order chi connectivity index (χ1) is 12.1. The molecule has 0 spiro atoms. The van der Waals surface area contributed by atoms with E-state index in [0.717, 1.165) is 0 Å². The summed E-state index contributed by atoms with van der Waals surface area (Å²) in [4.78, 5) is 11.7. The number of rotatable bonds is 7. The number of amides is 1. The number of aromatic nitrogens is 2.